The van der Waals surface area contributed by atoms with E-state index in [2.05, 4.69) is 20.5 Å². The van der Waals surface area contributed by atoms with Gasteiger partial charge < -0.3 is 10.7 Å². The Kier molecular flexibility index (Phi) is 4.14. The second-order valence-electron chi connectivity index (χ2n) is 4.89. The first-order valence-electron chi connectivity index (χ1n) is 6.91. The van der Waals surface area contributed by atoms with Crippen LogP contribution in [0.4, 0.5) is 5.69 Å². The lowest BCUT2D eigenvalue weighted by Crippen LogP contribution is -2.21. The Morgan fingerprint density at radius 2 is 2.12 bits per heavy atom. The molecule has 2 aromatic carbocycles. The molecule has 3 rings (SSSR count). The Morgan fingerprint density at radius 1 is 1.33 bits per heavy atom. The molecule has 0 saturated carbocycles. The molecule has 5 N–H and O–H groups in total. The van der Waals surface area contributed by atoms with Gasteiger partial charge in [0.15, 0.2) is 5.84 Å². The molecular formula is C16H12ClN7. The number of hydrazone groups is 1. The average molecular weight is 338 g/mol. The molecule has 0 aliphatic carbocycles. The van der Waals surface area contributed by atoms with Gasteiger partial charge in [-0.05, 0) is 30.3 Å². The topological polar surface area (TPSA) is 127 Å². The van der Waals surface area contributed by atoms with Crippen LogP contribution in [-0.4, -0.2) is 21.5 Å². The second kappa shape index (κ2) is 6.40. The van der Waals surface area contributed by atoms with E-state index in [0.717, 1.165) is 11.0 Å². The molecular weight excluding hydrogens is 326 g/mol. The molecule has 7 nitrogen and oxygen atoms in total. The molecule has 24 heavy (non-hydrogen) atoms. The molecule has 0 amide bonds. The molecule has 1 heterocycles. The van der Waals surface area contributed by atoms with Crippen LogP contribution >= 0.6 is 11.6 Å². The standard InChI is InChI=1S/C16H12ClN7/c17-11-6-5-9(23-24-14(8-18)15(19)20)7-10(11)16-21-12-3-1-2-4-13(12)22-16/h1-7,23H,(H3,19,20)(H,21,22)/b24-14+. The molecule has 118 valence electrons. The number of imidazole rings is 1. The van der Waals surface area contributed by atoms with Crippen molar-refractivity contribution in [3.05, 3.63) is 47.5 Å². The number of hydrogen-bond acceptors (Lipinski definition) is 5. The molecule has 3 aromatic rings. The number of nitriles is 1. The van der Waals surface area contributed by atoms with Crippen molar-refractivity contribution >= 4 is 39.9 Å². The highest BCUT2D eigenvalue weighted by Gasteiger charge is 2.10. The Morgan fingerprint density at radius 3 is 2.83 bits per heavy atom. The summed E-state index contributed by atoms with van der Waals surface area (Å²) in [4.78, 5) is 7.72. The zero-order chi connectivity index (χ0) is 17.1. The molecule has 0 saturated heterocycles. The molecule has 8 heteroatoms. The van der Waals surface area contributed by atoms with Crippen molar-refractivity contribution in [2.24, 2.45) is 10.8 Å². The van der Waals surface area contributed by atoms with E-state index < -0.39 is 5.84 Å². The van der Waals surface area contributed by atoms with Gasteiger partial charge in [-0.3, -0.25) is 10.8 Å². The average Bonchev–Trinajstić information content (AvgIpc) is 3.00. The lowest BCUT2D eigenvalue weighted by molar-refractivity contribution is 1.31. The number of amidine groups is 1. The van der Waals surface area contributed by atoms with Gasteiger partial charge in [-0.15, -0.1) is 0 Å². The second-order valence-corrected chi connectivity index (χ2v) is 5.30. The number of nitrogens with zero attached hydrogens (tertiary/aromatic N) is 3. The van der Waals surface area contributed by atoms with Crippen LogP contribution in [0.2, 0.25) is 5.02 Å². The normalized spacial score (nSPS) is 11.2. The molecule has 0 radical (unpaired) electrons. The fraction of sp³-hybridized carbons (Fsp3) is 0. The van der Waals surface area contributed by atoms with E-state index in [1.54, 1.807) is 24.3 Å². The van der Waals surface area contributed by atoms with Gasteiger partial charge >= 0.3 is 0 Å². The lowest BCUT2D eigenvalue weighted by atomic mass is 10.2. The molecule has 1 aromatic heterocycles. The molecule has 0 atom stereocenters. The molecule has 0 unspecified atom stereocenters. The van der Waals surface area contributed by atoms with E-state index in [9.17, 15) is 0 Å². The monoisotopic (exact) mass is 337 g/mol. The molecule has 0 aliphatic rings. The highest BCUT2D eigenvalue weighted by atomic mass is 35.5. The van der Waals surface area contributed by atoms with Crippen molar-refractivity contribution in [3.63, 3.8) is 0 Å². The zero-order valence-corrected chi connectivity index (χ0v) is 13.1. The van der Waals surface area contributed by atoms with Gasteiger partial charge in [0, 0.05) is 5.56 Å². The van der Waals surface area contributed by atoms with Crippen LogP contribution in [0.5, 0.6) is 0 Å². The maximum atomic E-state index is 8.85. The van der Waals surface area contributed by atoms with Crippen LogP contribution in [0.1, 0.15) is 0 Å². The van der Waals surface area contributed by atoms with Crippen LogP contribution in [0.15, 0.2) is 47.6 Å². The summed E-state index contributed by atoms with van der Waals surface area (Å²) in [6.45, 7) is 0. The number of nitrogens with two attached hydrogens (primary N) is 1. The third-order valence-corrected chi connectivity index (χ3v) is 3.60. The molecule has 0 aliphatic heterocycles. The molecule has 0 bridgehead atoms. The summed E-state index contributed by atoms with van der Waals surface area (Å²) in [6, 6.07) is 14.5. The predicted molar refractivity (Wildman–Crippen MR) is 95.1 cm³/mol. The number of aromatic nitrogens is 2. The van der Waals surface area contributed by atoms with Gasteiger partial charge in [0.2, 0.25) is 5.71 Å². The minimum atomic E-state index is -0.406. The smallest absolute Gasteiger partial charge is 0.201 e. The van der Waals surface area contributed by atoms with Crippen molar-refractivity contribution in [1.29, 1.82) is 10.7 Å². The van der Waals surface area contributed by atoms with Gasteiger partial charge in [-0.1, -0.05) is 23.7 Å². The van der Waals surface area contributed by atoms with Crippen molar-refractivity contribution < 1.29 is 0 Å². The molecule has 0 fully saturated rings. The van der Waals surface area contributed by atoms with Crippen molar-refractivity contribution in [1.82, 2.24) is 9.97 Å². The zero-order valence-electron chi connectivity index (χ0n) is 12.3. The predicted octanol–water partition coefficient (Wildman–Crippen LogP) is 3.11. The van der Waals surface area contributed by atoms with Gasteiger partial charge in [0.25, 0.3) is 0 Å². The van der Waals surface area contributed by atoms with Crippen LogP contribution in [0.25, 0.3) is 22.4 Å². The Hall–Kier alpha value is -3.37. The van der Waals surface area contributed by atoms with Crippen LogP contribution in [0.3, 0.4) is 0 Å². The van der Waals surface area contributed by atoms with Crippen molar-refractivity contribution in [2.45, 2.75) is 0 Å². The minimum Gasteiger partial charge on any atom is -0.382 e. The van der Waals surface area contributed by atoms with E-state index in [-0.39, 0.29) is 5.71 Å². The van der Waals surface area contributed by atoms with Crippen molar-refractivity contribution in [3.8, 4) is 17.5 Å². The third kappa shape index (κ3) is 3.04. The number of rotatable bonds is 4. The molecule has 0 spiro atoms. The highest BCUT2D eigenvalue weighted by Crippen LogP contribution is 2.30. The maximum absolute atomic E-state index is 8.85. The Labute approximate surface area is 142 Å². The summed E-state index contributed by atoms with van der Waals surface area (Å²) in [5.41, 5.74) is 10.8. The Bertz CT molecular complexity index is 964. The summed E-state index contributed by atoms with van der Waals surface area (Å²) < 4.78 is 0. The SMILES string of the molecule is N#C/C(=N\Nc1ccc(Cl)c(-c2nc3ccccc3[nH]2)c1)C(=N)N. The summed E-state index contributed by atoms with van der Waals surface area (Å²) >= 11 is 6.27. The number of fused-ring (bicyclic) bond motifs is 1. The first kappa shape index (κ1) is 15.5. The summed E-state index contributed by atoms with van der Waals surface area (Å²) in [5, 5.41) is 20.4. The maximum Gasteiger partial charge on any atom is 0.201 e. The van der Waals surface area contributed by atoms with Crippen molar-refractivity contribution in [2.75, 3.05) is 5.43 Å². The van der Waals surface area contributed by atoms with Gasteiger partial charge in [-0.2, -0.15) is 10.4 Å². The quantitative estimate of drug-likeness (QED) is 0.331. The van der Waals surface area contributed by atoms with E-state index >= 15 is 0 Å². The largest absolute Gasteiger partial charge is 0.382 e. The minimum absolute atomic E-state index is 0.199. The summed E-state index contributed by atoms with van der Waals surface area (Å²) in [7, 11) is 0. The van der Waals surface area contributed by atoms with Crippen LogP contribution in [-0.2, 0) is 0 Å². The van der Waals surface area contributed by atoms with E-state index in [1.165, 1.54) is 0 Å². The summed E-state index contributed by atoms with van der Waals surface area (Å²) in [5.74, 6) is 0.220. The van der Waals surface area contributed by atoms with Crippen LogP contribution < -0.4 is 11.2 Å². The van der Waals surface area contributed by atoms with Gasteiger partial charge in [0.05, 0.1) is 21.7 Å². The fourth-order valence-electron chi connectivity index (χ4n) is 2.12. The highest BCUT2D eigenvalue weighted by molar-refractivity contribution is 6.45. The Balaban J connectivity index is 1.97. The number of halogens is 1. The summed E-state index contributed by atoms with van der Waals surface area (Å²) in [6.07, 6.45) is 0. The lowest BCUT2D eigenvalue weighted by Gasteiger charge is -2.05. The number of para-hydroxylation sites is 2. The van der Waals surface area contributed by atoms with Gasteiger partial charge in [0.1, 0.15) is 11.9 Å². The van der Waals surface area contributed by atoms with Crippen LogP contribution in [0, 0.1) is 16.7 Å². The van der Waals surface area contributed by atoms with E-state index in [4.69, 9.17) is 28.0 Å². The number of aromatic amines is 1. The van der Waals surface area contributed by atoms with E-state index in [0.29, 0.717) is 22.1 Å². The number of hydrogen-bond donors (Lipinski definition) is 4. The van der Waals surface area contributed by atoms with E-state index in [1.807, 2.05) is 24.3 Å². The number of nitrogens with one attached hydrogen (secondary N) is 3. The fourth-order valence-corrected chi connectivity index (χ4v) is 2.33. The number of benzene rings is 2. The first-order chi connectivity index (χ1) is 11.6. The number of anilines is 1. The third-order valence-electron chi connectivity index (χ3n) is 3.27. The number of H-pyrrole nitrogens is 1. The van der Waals surface area contributed by atoms with Gasteiger partial charge in [-0.25, -0.2) is 4.98 Å². The first-order valence-corrected chi connectivity index (χ1v) is 7.29.